The Hall–Kier alpha value is -1.10. The molecule has 1 saturated carbocycles. The van der Waals surface area contributed by atoms with Gasteiger partial charge in [0.05, 0.1) is 13.2 Å². The number of nitrogens with two attached hydrogens (primary N) is 1. The lowest BCUT2D eigenvalue weighted by Crippen LogP contribution is -2.51. The summed E-state index contributed by atoms with van der Waals surface area (Å²) < 4.78 is 4.77. The molecule has 108 valence electrons. The Kier molecular flexibility index (Phi) is 4.80. The Labute approximate surface area is 114 Å². The first-order chi connectivity index (χ1) is 9.15. The Balaban J connectivity index is 1.99. The number of nitrogens with zero attached hydrogens (tertiary/aromatic N) is 1. The van der Waals surface area contributed by atoms with Crippen molar-refractivity contribution in [3.63, 3.8) is 0 Å². The summed E-state index contributed by atoms with van der Waals surface area (Å²) in [6, 6.07) is -0.877. The second kappa shape index (κ2) is 6.37. The molecule has 0 aromatic carbocycles. The fourth-order valence-corrected chi connectivity index (χ4v) is 3.30. The molecule has 0 aromatic heterocycles. The van der Waals surface area contributed by atoms with Crippen LogP contribution in [-0.2, 0) is 14.3 Å². The van der Waals surface area contributed by atoms with Crippen molar-refractivity contribution in [2.75, 3.05) is 13.7 Å². The number of amides is 1. The average molecular weight is 268 g/mol. The van der Waals surface area contributed by atoms with Gasteiger partial charge in [0, 0.05) is 6.54 Å². The molecule has 2 unspecified atom stereocenters. The molecule has 0 spiro atoms. The average Bonchev–Trinajstić information content (AvgIpc) is 2.95. The smallest absolute Gasteiger partial charge is 0.328 e. The van der Waals surface area contributed by atoms with Crippen LogP contribution in [0.15, 0.2) is 0 Å². The normalized spacial score (nSPS) is 26.2. The van der Waals surface area contributed by atoms with Crippen LogP contribution in [-0.4, -0.2) is 42.5 Å². The van der Waals surface area contributed by atoms with Crippen LogP contribution in [0.2, 0.25) is 0 Å². The summed E-state index contributed by atoms with van der Waals surface area (Å²) in [4.78, 5) is 25.8. The highest BCUT2D eigenvalue weighted by atomic mass is 16.5. The zero-order valence-corrected chi connectivity index (χ0v) is 11.6. The highest BCUT2D eigenvalue weighted by Crippen LogP contribution is 2.28. The Bertz CT molecular complexity index is 340. The van der Waals surface area contributed by atoms with Crippen molar-refractivity contribution in [1.82, 2.24) is 4.90 Å². The van der Waals surface area contributed by atoms with Gasteiger partial charge in [-0.25, -0.2) is 4.79 Å². The van der Waals surface area contributed by atoms with Gasteiger partial charge in [0.25, 0.3) is 0 Å². The third kappa shape index (κ3) is 3.08. The number of carbonyl (C=O) groups is 2. The minimum atomic E-state index is -0.453. The molecule has 1 saturated heterocycles. The van der Waals surface area contributed by atoms with Crippen LogP contribution in [0, 0.1) is 5.92 Å². The van der Waals surface area contributed by atoms with E-state index in [1.165, 1.54) is 13.5 Å². The maximum Gasteiger partial charge on any atom is 0.328 e. The predicted molar refractivity (Wildman–Crippen MR) is 71.3 cm³/mol. The summed E-state index contributed by atoms with van der Waals surface area (Å²) in [6.45, 7) is 0.624. The zero-order valence-electron chi connectivity index (χ0n) is 11.6. The second-order valence-corrected chi connectivity index (χ2v) is 5.64. The molecule has 1 heterocycles. The molecular formula is C14H24N2O3. The van der Waals surface area contributed by atoms with Crippen molar-refractivity contribution in [2.24, 2.45) is 11.7 Å². The Morgan fingerprint density at radius 1 is 1.16 bits per heavy atom. The number of hydrogen-bond donors (Lipinski definition) is 1. The van der Waals surface area contributed by atoms with Gasteiger partial charge < -0.3 is 15.4 Å². The van der Waals surface area contributed by atoms with Crippen LogP contribution in [0.3, 0.4) is 0 Å². The van der Waals surface area contributed by atoms with Gasteiger partial charge in [-0.1, -0.05) is 19.3 Å². The van der Waals surface area contributed by atoms with E-state index in [9.17, 15) is 9.59 Å². The number of hydrogen-bond acceptors (Lipinski definition) is 4. The van der Waals surface area contributed by atoms with Crippen LogP contribution in [0.5, 0.6) is 0 Å². The van der Waals surface area contributed by atoms with Crippen LogP contribution < -0.4 is 5.73 Å². The lowest BCUT2D eigenvalue weighted by molar-refractivity contribution is -0.151. The number of rotatable bonds is 3. The Morgan fingerprint density at radius 2 is 1.84 bits per heavy atom. The Morgan fingerprint density at radius 3 is 2.47 bits per heavy atom. The summed E-state index contributed by atoms with van der Waals surface area (Å²) in [6.07, 6.45) is 7.16. The van der Waals surface area contributed by atoms with Crippen LogP contribution >= 0.6 is 0 Å². The van der Waals surface area contributed by atoms with Crippen LogP contribution in [0.1, 0.15) is 44.9 Å². The lowest BCUT2D eigenvalue weighted by Gasteiger charge is -2.31. The molecule has 2 fully saturated rings. The van der Waals surface area contributed by atoms with Gasteiger partial charge in [-0.3, -0.25) is 4.79 Å². The predicted octanol–water partition coefficient (Wildman–Crippen LogP) is 1.06. The maximum absolute atomic E-state index is 12.5. The van der Waals surface area contributed by atoms with Gasteiger partial charge >= 0.3 is 5.97 Å². The second-order valence-electron chi connectivity index (χ2n) is 5.64. The minimum Gasteiger partial charge on any atom is -0.467 e. The molecule has 2 rings (SSSR count). The van der Waals surface area contributed by atoms with E-state index in [0.717, 1.165) is 32.1 Å². The number of methoxy groups -OCH3 is 1. The van der Waals surface area contributed by atoms with E-state index in [-0.39, 0.29) is 17.8 Å². The maximum atomic E-state index is 12.5. The van der Waals surface area contributed by atoms with Crippen LogP contribution in [0.25, 0.3) is 0 Å². The van der Waals surface area contributed by atoms with Crippen molar-refractivity contribution in [2.45, 2.75) is 57.0 Å². The topological polar surface area (TPSA) is 72.6 Å². The third-order valence-corrected chi connectivity index (χ3v) is 4.45. The van der Waals surface area contributed by atoms with Gasteiger partial charge in [-0.05, 0) is 31.6 Å². The SMILES string of the molecule is COC(=O)C1CCCN1C(=O)C(N)C1CCCCC1. The van der Waals surface area contributed by atoms with Gasteiger partial charge in [0.2, 0.25) is 5.91 Å². The summed E-state index contributed by atoms with van der Waals surface area (Å²) in [7, 11) is 1.37. The van der Waals surface area contributed by atoms with E-state index >= 15 is 0 Å². The molecule has 1 amide bonds. The highest BCUT2D eigenvalue weighted by molar-refractivity contribution is 5.88. The fraction of sp³-hybridized carbons (Fsp3) is 0.857. The van der Waals surface area contributed by atoms with E-state index in [4.69, 9.17) is 10.5 Å². The minimum absolute atomic E-state index is 0.0696. The van der Waals surface area contributed by atoms with Gasteiger partial charge in [-0.2, -0.15) is 0 Å². The van der Waals surface area contributed by atoms with Gasteiger partial charge in [-0.15, -0.1) is 0 Å². The molecule has 2 aliphatic rings. The quantitative estimate of drug-likeness (QED) is 0.777. The molecule has 5 nitrogen and oxygen atoms in total. The zero-order chi connectivity index (χ0) is 13.8. The molecule has 0 aromatic rings. The van der Waals surface area contributed by atoms with E-state index in [2.05, 4.69) is 0 Å². The number of carbonyl (C=O) groups excluding carboxylic acids is 2. The fourth-order valence-electron chi connectivity index (χ4n) is 3.30. The first-order valence-electron chi connectivity index (χ1n) is 7.29. The molecule has 19 heavy (non-hydrogen) atoms. The number of likely N-dealkylation sites (tertiary alicyclic amines) is 1. The van der Waals surface area contributed by atoms with Crippen molar-refractivity contribution in [3.8, 4) is 0 Å². The lowest BCUT2D eigenvalue weighted by atomic mass is 9.83. The monoisotopic (exact) mass is 268 g/mol. The largest absolute Gasteiger partial charge is 0.467 e. The van der Waals surface area contributed by atoms with E-state index in [1.54, 1.807) is 4.90 Å². The van der Waals surface area contributed by atoms with Crippen molar-refractivity contribution >= 4 is 11.9 Å². The van der Waals surface area contributed by atoms with Crippen molar-refractivity contribution < 1.29 is 14.3 Å². The van der Waals surface area contributed by atoms with Gasteiger partial charge in [0.1, 0.15) is 6.04 Å². The molecule has 2 atom stereocenters. The summed E-state index contributed by atoms with van der Waals surface area (Å²) >= 11 is 0. The van der Waals surface area contributed by atoms with E-state index in [1.807, 2.05) is 0 Å². The summed E-state index contributed by atoms with van der Waals surface area (Å²) in [5.74, 6) is -0.110. The van der Waals surface area contributed by atoms with Gasteiger partial charge in [0.15, 0.2) is 0 Å². The van der Waals surface area contributed by atoms with E-state index in [0.29, 0.717) is 13.0 Å². The van der Waals surface area contributed by atoms with E-state index < -0.39 is 12.1 Å². The number of esters is 1. The first kappa shape index (κ1) is 14.3. The summed E-state index contributed by atoms with van der Waals surface area (Å²) in [5, 5.41) is 0. The first-order valence-corrected chi connectivity index (χ1v) is 7.29. The highest BCUT2D eigenvalue weighted by Gasteiger charge is 2.38. The standard InChI is InChI=1S/C14H24N2O3/c1-19-14(18)11-8-5-9-16(11)13(17)12(15)10-6-3-2-4-7-10/h10-12H,2-9,15H2,1H3. The summed E-state index contributed by atoms with van der Waals surface area (Å²) in [5.41, 5.74) is 6.13. The molecule has 0 radical (unpaired) electrons. The molecule has 0 bridgehead atoms. The van der Waals surface area contributed by atoms with Crippen molar-refractivity contribution in [3.05, 3.63) is 0 Å². The molecular weight excluding hydrogens is 244 g/mol. The van der Waals surface area contributed by atoms with Crippen LogP contribution in [0.4, 0.5) is 0 Å². The van der Waals surface area contributed by atoms with Crippen molar-refractivity contribution in [1.29, 1.82) is 0 Å². The molecule has 1 aliphatic carbocycles. The third-order valence-electron chi connectivity index (χ3n) is 4.45. The molecule has 5 heteroatoms. The molecule has 2 N–H and O–H groups in total. The molecule has 1 aliphatic heterocycles. The number of ether oxygens (including phenoxy) is 1.